The molecule has 0 atom stereocenters. The Morgan fingerprint density at radius 1 is 1.03 bits per heavy atom. The number of ether oxygens (including phenoxy) is 2. The Bertz CT molecular complexity index is 943. The standard InChI is InChI=1S/C20H20F3N3O2S/c1-3-26-18(16-6-4-5-7-17(16)27-2)24-25-19(26)29-12-14-8-10-15(11-9-14)28-13-20(21,22)23/h4-11H,3,12-13H2,1-2H3. The van der Waals surface area contributed by atoms with E-state index in [4.69, 9.17) is 9.47 Å². The minimum atomic E-state index is -4.35. The van der Waals surface area contributed by atoms with Gasteiger partial charge in [-0.2, -0.15) is 13.2 Å². The average Bonchev–Trinajstić information content (AvgIpc) is 3.13. The summed E-state index contributed by atoms with van der Waals surface area (Å²) >= 11 is 1.50. The van der Waals surface area contributed by atoms with Gasteiger partial charge < -0.3 is 14.0 Å². The van der Waals surface area contributed by atoms with Crippen molar-refractivity contribution in [3.63, 3.8) is 0 Å². The van der Waals surface area contributed by atoms with Crippen molar-refractivity contribution in [1.82, 2.24) is 14.8 Å². The number of para-hydroxylation sites is 1. The predicted molar refractivity (Wildman–Crippen MR) is 105 cm³/mol. The van der Waals surface area contributed by atoms with Crippen molar-refractivity contribution in [1.29, 1.82) is 0 Å². The second kappa shape index (κ2) is 9.21. The van der Waals surface area contributed by atoms with E-state index in [0.717, 1.165) is 27.9 Å². The maximum atomic E-state index is 12.2. The lowest BCUT2D eigenvalue weighted by Gasteiger charge is -2.11. The fourth-order valence-corrected chi connectivity index (χ4v) is 3.66. The predicted octanol–water partition coefficient (Wildman–Crippen LogP) is 5.21. The molecule has 2 aromatic carbocycles. The molecule has 0 amide bonds. The number of rotatable bonds is 8. The number of nitrogens with zero attached hydrogens (tertiary/aromatic N) is 3. The van der Waals surface area contributed by atoms with Gasteiger partial charge in [-0.3, -0.25) is 0 Å². The molecule has 5 nitrogen and oxygen atoms in total. The van der Waals surface area contributed by atoms with Crippen LogP contribution in [0.4, 0.5) is 13.2 Å². The average molecular weight is 423 g/mol. The Morgan fingerprint density at radius 3 is 2.41 bits per heavy atom. The molecule has 3 rings (SSSR count). The zero-order chi connectivity index (χ0) is 20.9. The number of halogens is 3. The minimum Gasteiger partial charge on any atom is -0.496 e. The van der Waals surface area contributed by atoms with Gasteiger partial charge in [0.2, 0.25) is 0 Å². The van der Waals surface area contributed by atoms with Gasteiger partial charge >= 0.3 is 6.18 Å². The van der Waals surface area contributed by atoms with E-state index in [9.17, 15) is 13.2 Å². The van der Waals surface area contributed by atoms with Crippen LogP contribution in [-0.4, -0.2) is 34.7 Å². The van der Waals surface area contributed by atoms with Gasteiger partial charge in [0.1, 0.15) is 11.5 Å². The van der Waals surface area contributed by atoms with Crippen molar-refractivity contribution >= 4 is 11.8 Å². The van der Waals surface area contributed by atoms with Gasteiger partial charge in [0.25, 0.3) is 0 Å². The topological polar surface area (TPSA) is 49.2 Å². The lowest BCUT2D eigenvalue weighted by atomic mass is 10.2. The number of hydrogen-bond acceptors (Lipinski definition) is 5. The van der Waals surface area contributed by atoms with E-state index < -0.39 is 12.8 Å². The molecular weight excluding hydrogens is 403 g/mol. The molecule has 3 aromatic rings. The molecule has 1 aromatic heterocycles. The number of thioether (sulfide) groups is 1. The van der Waals surface area contributed by atoms with Gasteiger partial charge in [-0.05, 0) is 36.8 Å². The maximum Gasteiger partial charge on any atom is 0.422 e. The lowest BCUT2D eigenvalue weighted by Crippen LogP contribution is -2.19. The Hall–Kier alpha value is -2.68. The number of hydrogen-bond donors (Lipinski definition) is 0. The number of methoxy groups -OCH3 is 1. The van der Waals surface area contributed by atoms with Crippen molar-refractivity contribution in [3.8, 4) is 22.9 Å². The fraction of sp³-hybridized carbons (Fsp3) is 0.300. The van der Waals surface area contributed by atoms with Gasteiger partial charge in [-0.15, -0.1) is 10.2 Å². The van der Waals surface area contributed by atoms with Crippen molar-refractivity contribution < 1.29 is 22.6 Å². The van der Waals surface area contributed by atoms with Gasteiger partial charge in [-0.1, -0.05) is 36.0 Å². The zero-order valence-electron chi connectivity index (χ0n) is 15.9. The summed E-state index contributed by atoms with van der Waals surface area (Å²) in [6.45, 7) is 1.40. The molecule has 154 valence electrons. The Labute approximate surface area is 170 Å². The smallest absolute Gasteiger partial charge is 0.422 e. The van der Waals surface area contributed by atoms with Crippen LogP contribution in [0, 0.1) is 0 Å². The van der Waals surface area contributed by atoms with E-state index in [2.05, 4.69) is 10.2 Å². The minimum absolute atomic E-state index is 0.186. The van der Waals surface area contributed by atoms with E-state index in [1.165, 1.54) is 23.9 Å². The van der Waals surface area contributed by atoms with E-state index in [1.54, 1.807) is 19.2 Å². The Kier molecular flexibility index (Phi) is 6.68. The molecule has 0 aliphatic rings. The first-order valence-electron chi connectivity index (χ1n) is 8.89. The molecule has 29 heavy (non-hydrogen) atoms. The molecule has 0 unspecified atom stereocenters. The number of benzene rings is 2. The first kappa shape index (κ1) is 21.0. The van der Waals surface area contributed by atoms with Crippen LogP contribution in [0.2, 0.25) is 0 Å². The third kappa shape index (κ3) is 5.44. The molecule has 0 aliphatic heterocycles. The largest absolute Gasteiger partial charge is 0.496 e. The van der Waals surface area contributed by atoms with Gasteiger partial charge in [0.05, 0.1) is 12.7 Å². The van der Waals surface area contributed by atoms with Crippen molar-refractivity contribution in [2.45, 2.75) is 30.6 Å². The molecule has 0 N–H and O–H groups in total. The molecule has 0 radical (unpaired) electrons. The van der Waals surface area contributed by atoms with Crippen LogP contribution >= 0.6 is 11.8 Å². The highest BCUT2D eigenvalue weighted by molar-refractivity contribution is 7.98. The second-order valence-corrected chi connectivity index (χ2v) is 7.03. The van der Waals surface area contributed by atoms with Gasteiger partial charge in [0, 0.05) is 12.3 Å². The summed E-state index contributed by atoms with van der Waals surface area (Å²) in [5.41, 5.74) is 1.81. The molecule has 0 bridgehead atoms. The normalized spacial score (nSPS) is 11.5. The molecule has 0 spiro atoms. The van der Waals surface area contributed by atoms with E-state index >= 15 is 0 Å². The molecule has 1 heterocycles. The quantitative estimate of drug-likeness (QED) is 0.466. The number of aromatic nitrogens is 3. The lowest BCUT2D eigenvalue weighted by molar-refractivity contribution is -0.153. The summed E-state index contributed by atoms with van der Waals surface area (Å²) in [6.07, 6.45) is -4.35. The van der Waals surface area contributed by atoms with Crippen LogP contribution in [0.15, 0.2) is 53.7 Å². The zero-order valence-corrected chi connectivity index (χ0v) is 16.8. The van der Waals surface area contributed by atoms with Crippen molar-refractivity contribution in [3.05, 3.63) is 54.1 Å². The highest BCUT2D eigenvalue weighted by Crippen LogP contribution is 2.32. The monoisotopic (exact) mass is 423 g/mol. The summed E-state index contributed by atoms with van der Waals surface area (Å²) in [5.74, 6) is 2.24. The molecule has 0 fully saturated rings. The van der Waals surface area contributed by atoms with E-state index in [-0.39, 0.29) is 5.75 Å². The SMILES string of the molecule is CCn1c(SCc2ccc(OCC(F)(F)F)cc2)nnc1-c1ccccc1OC. The summed E-state index contributed by atoms with van der Waals surface area (Å²) in [6, 6.07) is 14.2. The Balaban J connectivity index is 1.69. The molecule has 0 aliphatic carbocycles. The highest BCUT2D eigenvalue weighted by Gasteiger charge is 2.28. The van der Waals surface area contributed by atoms with Crippen LogP contribution in [-0.2, 0) is 12.3 Å². The van der Waals surface area contributed by atoms with Crippen LogP contribution < -0.4 is 9.47 Å². The van der Waals surface area contributed by atoms with Crippen LogP contribution in [0.1, 0.15) is 12.5 Å². The van der Waals surface area contributed by atoms with Crippen LogP contribution in [0.5, 0.6) is 11.5 Å². The molecule has 0 saturated heterocycles. The summed E-state index contributed by atoms with van der Waals surface area (Å²) < 4.78 is 48.8. The molecular formula is C20H20F3N3O2S. The maximum absolute atomic E-state index is 12.2. The van der Waals surface area contributed by atoms with Crippen LogP contribution in [0.25, 0.3) is 11.4 Å². The first-order valence-corrected chi connectivity index (χ1v) is 9.87. The van der Waals surface area contributed by atoms with Crippen molar-refractivity contribution in [2.24, 2.45) is 0 Å². The van der Waals surface area contributed by atoms with E-state index in [1.807, 2.05) is 35.8 Å². The fourth-order valence-electron chi connectivity index (χ4n) is 2.70. The van der Waals surface area contributed by atoms with Crippen LogP contribution in [0.3, 0.4) is 0 Å². The second-order valence-electron chi connectivity index (χ2n) is 6.09. The first-order chi connectivity index (χ1) is 13.9. The molecule has 0 saturated carbocycles. The Morgan fingerprint density at radius 2 is 1.76 bits per heavy atom. The van der Waals surface area contributed by atoms with Gasteiger partial charge in [0.15, 0.2) is 17.6 Å². The van der Waals surface area contributed by atoms with E-state index in [0.29, 0.717) is 12.3 Å². The highest BCUT2D eigenvalue weighted by atomic mass is 32.2. The summed E-state index contributed by atoms with van der Waals surface area (Å²) in [5, 5.41) is 9.38. The molecule has 9 heteroatoms. The third-order valence-electron chi connectivity index (χ3n) is 4.07. The third-order valence-corrected chi connectivity index (χ3v) is 5.11. The van der Waals surface area contributed by atoms with Crippen molar-refractivity contribution in [2.75, 3.05) is 13.7 Å². The number of alkyl halides is 3. The van der Waals surface area contributed by atoms with Gasteiger partial charge in [-0.25, -0.2) is 0 Å². The summed E-state index contributed by atoms with van der Waals surface area (Å²) in [4.78, 5) is 0. The summed E-state index contributed by atoms with van der Waals surface area (Å²) in [7, 11) is 1.61.